The molecule has 1 fully saturated rings. The molecule has 3 aromatic carbocycles. The van der Waals surface area contributed by atoms with Crippen molar-refractivity contribution in [3.05, 3.63) is 92.2 Å². The maximum Gasteiger partial charge on any atom is 0.257 e. The average molecular weight is 572 g/mol. The van der Waals surface area contributed by atoms with Crippen LogP contribution < -0.4 is 10.6 Å². The summed E-state index contributed by atoms with van der Waals surface area (Å²) in [6.07, 6.45) is 0. The van der Waals surface area contributed by atoms with Gasteiger partial charge in [-0.3, -0.25) is 9.59 Å². The molecule has 5 nitrogen and oxygen atoms in total. The van der Waals surface area contributed by atoms with Crippen molar-refractivity contribution in [1.29, 1.82) is 5.26 Å². The van der Waals surface area contributed by atoms with Crippen LogP contribution in [0.3, 0.4) is 0 Å². The van der Waals surface area contributed by atoms with Crippen LogP contribution in [-0.2, 0) is 4.79 Å². The van der Waals surface area contributed by atoms with Gasteiger partial charge in [-0.25, -0.2) is 4.39 Å². The van der Waals surface area contributed by atoms with E-state index in [0.717, 1.165) is 6.07 Å². The Morgan fingerprint density at radius 2 is 1.66 bits per heavy atom. The van der Waals surface area contributed by atoms with E-state index in [1.54, 1.807) is 18.2 Å². The number of benzene rings is 3. The summed E-state index contributed by atoms with van der Waals surface area (Å²) < 4.78 is 12.8. The Morgan fingerprint density at radius 1 is 0.971 bits per heavy atom. The number of hydrogen-bond acceptors (Lipinski definition) is 3. The van der Waals surface area contributed by atoms with Gasteiger partial charge < -0.3 is 10.6 Å². The molecule has 0 aliphatic heterocycles. The molecule has 4 rings (SSSR count). The minimum atomic E-state index is -1.39. The van der Waals surface area contributed by atoms with Gasteiger partial charge in [0.1, 0.15) is 16.2 Å². The van der Waals surface area contributed by atoms with Gasteiger partial charge in [0.05, 0.1) is 27.8 Å². The number of alkyl halides is 2. The van der Waals surface area contributed by atoms with Crippen LogP contribution in [0.4, 0.5) is 15.8 Å². The van der Waals surface area contributed by atoms with E-state index in [9.17, 15) is 19.2 Å². The molecule has 0 bridgehead atoms. The standard InChI is InChI=1S/C24H13Cl5FN3O2/c25-13-6-12(7-14(26)8-13)19-20(24(19,28)29)23(35)32-15-4-5-17(27)16(9-15)22(34)33-21-11(10-31)2-1-3-18(21)30/h1-9,19-20H,(H,32,35)(H,33,34)/t19-,20+/m0/s1. The summed E-state index contributed by atoms with van der Waals surface area (Å²) in [5.74, 6) is -3.41. The van der Waals surface area contributed by atoms with Crippen LogP contribution in [0.1, 0.15) is 27.4 Å². The molecule has 0 heterocycles. The highest BCUT2D eigenvalue weighted by atomic mass is 35.5. The Labute approximate surface area is 224 Å². The molecule has 1 saturated carbocycles. The van der Waals surface area contributed by atoms with Crippen molar-refractivity contribution in [3.8, 4) is 6.07 Å². The SMILES string of the molecule is N#Cc1cccc(F)c1NC(=O)c1cc(NC(=O)[C@H]2[C@H](c3cc(Cl)cc(Cl)c3)C2(Cl)Cl)ccc1Cl. The Balaban J connectivity index is 1.54. The topological polar surface area (TPSA) is 82.0 Å². The summed E-state index contributed by atoms with van der Waals surface area (Å²) in [7, 11) is 0. The minimum absolute atomic E-state index is 0.0476. The van der Waals surface area contributed by atoms with Crippen molar-refractivity contribution in [3.63, 3.8) is 0 Å². The number of halogens is 6. The fourth-order valence-corrected chi connectivity index (χ4v) is 5.32. The molecule has 2 amide bonds. The lowest BCUT2D eigenvalue weighted by Crippen LogP contribution is -2.18. The summed E-state index contributed by atoms with van der Waals surface area (Å²) in [6, 6.07) is 14.7. The first kappa shape index (κ1) is 25.6. The van der Waals surface area contributed by atoms with Gasteiger partial charge in [0.2, 0.25) is 5.91 Å². The predicted molar refractivity (Wildman–Crippen MR) is 136 cm³/mol. The monoisotopic (exact) mass is 569 g/mol. The lowest BCUT2D eigenvalue weighted by atomic mass is 10.1. The maximum absolute atomic E-state index is 14.2. The van der Waals surface area contributed by atoms with E-state index in [1.165, 1.54) is 30.3 Å². The van der Waals surface area contributed by atoms with Crippen molar-refractivity contribution in [2.45, 2.75) is 10.3 Å². The van der Waals surface area contributed by atoms with Gasteiger partial charge in [-0.1, -0.05) is 40.9 Å². The number of para-hydroxylation sites is 1. The zero-order chi connectivity index (χ0) is 25.5. The van der Waals surface area contributed by atoms with Crippen LogP contribution in [-0.4, -0.2) is 16.1 Å². The minimum Gasteiger partial charge on any atom is -0.326 e. The molecule has 2 N–H and O–H groups in total. The summed E-state index contributed by atoms with van der Waals surface area (Å²) in [5, 5.41) is 15.0. The zero-order valence-electron chi connectivity index (χ0n) is 17.4. The number of rotatable bonds is 5. The third kappa shape index (κ3) is 5.20. The second-order valence-corrected chi connectivity index (χ2v) is 10.5. The number of carbonyl (C=O) groups excluding carboxylic acids is 2. The fraction of sp³-hybridized carbons (Fsp3) is 0.125. The highest BCUT2D eigenvalue weighted by Crippen LogP contribution is 2.65. The molecular formula is C24H13Cl5FN3O2. The maximum atomic E-state index is 14.2. The lowest BCUT2D eigenvalue weighted by Gasteiger charge is -2.11. The summed E-state index contributed by atoms with van der Waals surface area (Å²) >= 11 is 31.0. The number of amides is 2. The van der Waals surface area contributed by atoms with Gasteiger partial charge in [-0.15, -0.1) is 23.2 Å². The molecule has 2 atom stereocenters. The number of nitriles is 1. The molecule has 1 aliphatic carbocycles. The molecule has 35 heavy (non-hydrogen) atoms. The Bertz CT molecular complexity index is 1390. The molecule has 0 saturated heterocycles. The number of anilines is 2. The molecule has 0 unspecified atom stereocenters. The van der Waals surface area contributed by atoms with Crippen molar-refractivity contribution in [1.82, 2.24) is 0 Å². The third-order valence-electron chi connectivity index (χ3n) is 5.43. The molecule has 178 valence electrons. The van der Waals surface area contributed by atoms with E-state index >= 15 is 0 Å². The normalized spacial score (nSPS) is 17.9. The van der Waals surface area contributed by atoms with Gasteiger partial charge in [-0.2, -0.15) is 5.26 Å². The fourth-order valence-electron chi connectivity index (χ4n) is 3.74. The van der Waals surface area contributed by atoms with Crippen LogP contribution in [0.25, 0.3) is 0 Å². The van der Waals surface area contributed by atoms with E-state index in [0.29, 0.717) is 15.6 Å². The second-order valence-electron chi connectivity index (χ2n) is 7.74. The Morgan fingerprint density at radius 3 is 2.31 bits per heavy atom. The predicted octanol–water partition coefficient (Wildman–Crippen LogP) is 7.44. The Hall–Kier alpha value is -2.53. The molecule has 1 aliphatic rings. The highest BCUT2D eigenvalue weighted by Gasteiger charge is 2.67. The van der Waals surface area contributed by atoms with Gasteiger partial charge in [0.25, 0.3) is 5.91 Å². The second kappa shape index (κ2) is 9.85. The van der Waals surface area contributed by atoms with E-state index in [4.69, 9.17) is 58.0 Å². The van der Waals surface area contributed by atoms with Gasteiger partial charge >= 0.3 is 0 Å². The van der Waals surface area contributed by atoms with E-state index < -0.39 is 33.8 Å². The van der Waals surface area contributed by atoms with Gasteiger partial charge in [-0.05, 0) is 54.1 Å². The molecule has 3 aromatic rings. The first-order valence-electron chi connectivity index (χ1n) is 9.97. The van der Waals surface area contributed by atoms with Crippen LogP contribution in [0, 0.1) is 23.1 Å². The molecule has 11 heteroatoms. The summed E-state index contributed by atoms with van der Waals surface area (Å²) in [4.78, 5) is 25.8. The van der Waals surface area contributed by atoms with Crippen LogP contribution in [0.15, 0.2) is 54.6 Å². The molecule has 0 radical (unpaired) electrons. The smallest absolute Gasteiger partial charge is 0.257 e. The van der Waals surface area contributed by atoms with Crippen LogP contribution in [0.5, 0.6) is 0 Å². The van der Waals surface area contributed by atoms with Crippen LogP contribution in [0.2, 0.25) is 15.1 Å². The van der Waals surface area contributed by atoms with Gasteiger partial charge in [0.15, 0.2) is 0 Å². The van der Waals surface area contributed by atoms with Crippen molar-refractivity contribution in [2.75, 3.05) is 10.6 Å². The largest absolute Gasteiger partial charge is 0.326 e. The summed E-state index contributed by atoms with van der Waals surface area (Å²) in [6.45, 7) is 0. The van der Waals surface area contributed by atoms with E-state index in [2.05, 4.69) is 10.6 Å². The number of nitrogens with zero attached hydrogens (tertiary/aromatic N) is 1. The number of hydrogen-bond donors (Lipinski definition) is 2. The van der Waals surface area contributed by atoms with Crippen molar-refractivity contribution >= 4 is 81.2 Å². The average Bonchev–Trinajstić information content (AvgIpc) is 3.37. The van der Waals surface area contributed by atoms with Gasteiger partial charge in [0, 0.05) is 21.7 Å². The third-order valence-corrected chi connectivity index (χ3v) is 7.14. The summed E-state index contributed by atoms with van der Waals surface area (Å²) in [5.41, 5.74) is 0.467. The quantitative estimate of drug-likeness (QED) is 0.313. The van der Waals surface area contributed by atoms with Crippen molar-refractivity contribution < 1.29 is 14.0 Å². The lowest BCUT2D eigenvalue weighted by molar-refractivity contribution is -0.117. The first-order chi connectivity index (χ1) is 16.5. The number of nitrogens with one attached hydrogen (secondary N) is 2. The molecule has 0 spiro atoms. The van der Waals surface area contributed by atoms with Crippen molar-refractivity contribution in [2.24, 2.45) is 5.92 Å². The molecular weight excluding hydrogens is 559 g/mol. The number of carbonyl (C=O) groups is 2. The zero-order valence-corrected chi connectivity index (χ0v) is 21.2. The first-order valence-corrected chi connectivity index (χ1v) is 11.9. The van der Waals surface area contributed by atoms with Crippen LogP contribution >= 0.6 is 58.0 Å². The van der Waals surface area contributed by atoms with E-state index in [1.807, 2.05) is 6.07 Å². The van der Waals surface area contributed by atoms with E-state index in [-0.39, 0.29) is 27.5 Å². The molecule has 0 aromatic heterocycles. The Kier molecular flexibility index (Phi) is 7.19. The highest BCUT2D eigenvalue weighted by molar-refractivity contribution is 6.53.